The minimum absolute atomic E-state index is 0.118. The van der Waals surface area contributed by atoms with Crippen molar-refractivity contribution in [3.8, 4) is 5.75 Å². The van der Waals surface area contributed by atoms with E-state index in [1.807, 2.05) is 24.3 Å². The van der Waals surface area contributed by atoms with Gasteiger partial charge in [0.1, 0.15) is 11.6 Å². The second kappa shape index (κ2) is 10.4. The summed E-state index contributed by atoms with van der Waals surface area (Å²) in [6.07, 6.45) is 1.87. The Kier molecular flexibility index (Phi) is 7.39. The molecule has 156 valence electrons. The number of nitrogens with one attached hydrogen (secondary N) is 2. The highest BCUT2D eigenvalue weighted by Gasteiger charge is 2.13. The molecule has 0 unspecified atom stereocenters. The molecule has 0 spiro atoms. The van der Waals surface area contributed by atoms with Gasteiger partial charge in [0.15, 0.2) is 11.0 Å². The second-order valence-corrected chi connectivity index (χ2v) is 7.25. The van der Waals surface area contributed by atoms with Crippen LogP contribution in [0.4, 0.5) is 5.82 Å². The van der Waals surface area contributed by atoms with Gasteiger partial charge in [0.25, 0.3) is 0 Å². The zero-order valence-electron chi connectivity index (χ0n) is 16.7. The van der Waals surface area contributed by atoms with Crippen LogP contribution in [0.15, 0.2) is 53.8 Å². The SMILES string of the molecule is COc1ccc(CC(=O)NCc2nnc(SCC(=O)Nc3ccccn3)n2C)cc1. The summed E-state index contributed by atoms with van der Waals surface area (Å²) in [6.45, 7) is 0.249. The molecule has 9 nitrogen and oxygen atoms in total. The lowest BCUT2D eigenvalue weighted by molar-refractivity contribution is -0.120. The number of nitrogens with zero attached hydrogens (tertiary/aromatic N) is 4. The molecule has 0 aliphatic heterocycles. The third-order valence-electron chi connectivity index (χ3n) is 4.16. The minimum atomic E-state index is -0.184. The van der Waals surface area contributed by atoms with Crippen molar-refractivity contribution in [2.75, 3.05) is 18.2 Å². The predicted molar refractivity (Wildman–Crippen MR) is 113 cm³/mol. The first kappa shape index (κ1) is 21.3. The van der Waals surface area contributed by atoms with Crippen LogP contribution in [0.1, 0.15) is 11.4 Å². The van der Waals surface area contributed by atoms with E-state index in [0.717, 1.165) is 11.3 Å². The van der Waals surface area contributed by atoms with Crippen LogP contribution in [0.5, 0.6) is 5.75 Å². The fraction of sp³-hybridized carbons (Fsp3) is 0.250. The van der Waals surface area contributed by atoms with Crippen LogP contribution >= 0.6 is 11.8 Å². The Morgan fingerprint density at radius 1 is 1.10 bits per heavy atom. The lowest BCUT2D eigenvalue weighted by Crippen LogP contribution is -2.26. The summed E-state index contributed by atoms with van der Waals surface area (Å²) < 4.78 is 6.87. The van der Waals surface area contributed by atoms with Gasteiger partial charge in [0, 0.05) is 13.2 Å². The van der Waals surface area contributed by atoms with Crippen molar-refractivity contribution >= 4 is 29.4 Å². The summed E-state index contributed by atoms with van der Waals surface area (Å²) in [5.41, 5.74) is 0.890. The van der Waals surface area contributed by atoms with E-state index in [0.29, 0.717) is 16.8 Å². The largest absolute Gasteiger partial charge is 0.497 e. The molecule has 3 aromatic rings. The van der Waals surface area contributed by atoms with E-state index in [1.165, 1.54) is 11.8 Å². The quantitative estimate of drug-likeness (QED) is 0.502. The molecule has 1 aromatic carbocycles. The van der Waals surface area contributed by atoms with E-state index in [4.69, 9.17) is 4.74 Å². The van der Waals surface area contributed by atoms with Gasteiger partial charge in [-0.2, -0.15) is 0 Å². The summed E-state index contributed by atoms with van der Waals surface area (Å²) in [4.78, 5) is 28.3. The maximum absolute atomic E-state index is 12.2. The van der Waals surface area contributed by atoms with Crippen LogP contribution in [-0.4, -0.2) is 44.4 Å². The fourth-order valence-corrected chi connectivity index (χ4v) is 3.27. The maximum Gasteiger partial charge on any atom is 0.236 e. The highest BCUT2D eigenvalue weighted by atomic mass is 32.2. The van der Waals surface area contributed by atoms with Gasteiger partial charge in [-0.15, -0.1) is 10.2 Å². The third-order valence-corrected chi connectivity index (χ3v) is 5.18. The molecule has 0 radical (unpaired) electrons. The molecule has 2 heterocycles. The van der Waals surface area contributed by atoms with Gasteiger partial charge in [0.05, 0.1) is 25.8 Å². The van der Waals surface area contributed by atoms with Crippen molar-refractivity contribution < 1.29 is 14.3 Å². The van der Waals surface area contributed by atoms with E-state index < -0.39 is 0 Å². The van der Waals surface area contributed by atoms with Crippen LogP contribution in [0.25, 0.3) is 0 Å². The monoisotopic (exact) mass is 426 g/mol. The van der Waals surface area contributed by atoms with Crippen molar-refractivity contribution in [1.82, 2.24) is 25.1 Å². The lowest BCUT2D eigenvalue weighted by atomic mass is 10.1. The molecule has 30 heavy (non-hydrogen) atoms. The summed E-state index contributed by atoms with van der Waals surface area (Å²) in [5, 5.41) is 14.3. The molecule has 0 aliphatic rings. The van der Waals surface area contributed by atoms with Gasteiger partial charge < -0.3 is 19.9 Å². The van der Waals surface area contributed by atoms with E-state index in [1.54, 1.807) is 43.1 Å². The second-order valence-electron chi connectivity index (χ2n) is 6.31. The normalized spacial score (nSPS) is 10.5. The molecule has 10 heteroatoms. The Labute approximate surface area is 178 Å². The zero-order valence-corrected chi connectivity index (χ0v) is 17.5. The number of anilines is 1. The standard InChI is InChI=1S/C20H22N6O3S/c1-26-17(12-22-18(27)11-14-6-8-15(29-2)9-7-14)24-25-20(26)30-13-19(28)23-16-5-3-4-10-21-16/h3-10H,11-13H2,1-2H3,(H,22,27)(H,21,23,28). The summed E-state index contributed by atoms with van der Waals surface area (Å²) in [7, 11) is 3.39. The van der Waals surface area contributed by atoms with Crippen molar-refractivity contribution in [2.24, 2.45) is 7.05 Å². The van der Waals surface area contributed by atoms with Crippen LogP contribution in [0.2, 0.25) is 0 Å². The number of hydrogen-bond donors (Lipinski definition) is 2. The summed E-state index contributed by atoms with van der Waals surface area (Å²) in [5.74, 6) is 1.72. The smallest absolute Gasteiger partial charge is 0.236 e. The number of rotatable bonds is 9. The Balaban J connectivity index is 1.46. The molecule has 0 atom stereocenters. The first-order chi connectivity index (χ1) is 14.5. The summed E-state index contributed by atoms with van der Waals surface area (Å²) >= 11 is 1.26. The number of carbonyl (C=O) groups is 2. The Morgan fingerprint density at radius 3 is 2.60 bits per heavy atom. The van der Waals surface area contributed by atoms with Gasteiger partial charge in [-0.1, -0.05) is 30.0 Å². The first-order valence-electron chi connectivity index (χ1n) is 9.16. The molecule has 2 aromatic heterocycles. The Bertz CT molecular complexity index is 992. The molecule has 2 amide bonds. The summed E-state index contributed by atoms with van der Waals surface area (Å²) in [6, 6.07) is 12.6. The molecular weight excluding hydrogens is 404 g/mol. The minimum Gasteiger partial charge on any atom is -0.497 e. The van der Waals surface area contributed by atoms with Crippen LogP contribution in [-0.2, 0) is 29.6 Å². The van der Waals surface area contributed by atoms with Gasteiger partial charge in [-0.3, -0.25) is 9.59 Å². The van der Waals surface area contributed by atoms with Crippen LogP contribution in [0.3, 0.4) is 0 Å². The number of amides is 2. The van der Waals surface area contributed by atoms with E-state index >= 15 is 0 Å². The van der Waals surface area contributed by atoms with Crippen molar-refractivity contribution in [3.05, 3.63) is 60.0 Å². The van der Waals surface area contributed by atoms with E-state index in [-0.39, 0.29) is 30.5 Å². The highest BCUT2D eigenvalue weighted by Crippen LogP contribution is 2.16. The maximum atomic E-state index is 12.2. The molecule has 0 saturated heterocycles. The van der Waals surface area contributed by atoms with Gasteiger partial charge in [0.2, 0.25) is 11.8 Å². The van der Waals surface area contributed by atoms with Crippen LogP contribution < -0.4 is 15.4 Å². The average molecular weight is 427 g/mol. The molecule has 3 rings (SSSR count). The predicted octanol–water partition coefficient (Wildman–Crippen LogP) is 1.81. The van der Waals surface area contributed by atoms with Crippen molar-refractivity contribution in [2.45, 2.75) is 18.1 Å². The number of thioether (sulfide) groups is 1. The number of ether oxygens (including phenoxy) is 1. The van der Waals surface area contributed by atoms with Gasteiger partial charge in [-0.25, -0.2) is 4.98 Å². The number of benzene rings is 1. The van der Waals surface area contributed by atoms with Gasteiger partial charge in [-0.05, 0) is 29.8 Å². The zero-order chi connectivity index (χ0) is 21.3. The van der Waals surface area contributed by atoms with E-state index in [2.05, 4.69) is 25.8 Å². The number of aromatic nitrogens is 4. The molecular formula is C20H22N6O3S. The van der Waals surface area contributed by atoms with Crippen molar-refractivity contribution in [3.63, 3.8) is 0 Å². The van der Waals surface area contributed by atoms with Crippen LogP contribution in [0, 0.1) is 0 Å². The number of methoxy groups -OCH3 is 1. The Hall–Kier alpha value is -3.40. The van der Waals surface area contributed by atoms with Crippen molar-refractivity contribution in [1.29, 1.82) is 0 Å². The molecule has 0 fully saturated rings. The topological polar surface area (TPSA) is 111 Å². The Morgan fingerprint density at radius 2 is 1.90 bits per heavy atom. The van der Waals surface area contributed by atoms with Gasteiger partial charge >= 0.3 is 0 Å². The third kappa shape index (κ3) is 6.05. The molecule has 2 N–H and O–H groups in total. The number of hydrogen-bond acceptors (Lipinski definition) is 7. The number of pyridine rings is 1. The fourth-order valence-electron chi connectivity index (χ4n) is 2.54. The van der Waals surface area contributed by atoms with E-state index in [9.17, 15) is 9.59 Å². The molecule has 0 bridgehead atoms. The lowest BCUT2D eigenvalue weighted by Gasteiger charge is -2.07. The first-order valence-corrected chi connectivity index (χ1v) is 10.2. The number of carbonyl (C=O) groups excluding carboxylic acids is 2. The highest BCUT2D eigenvalue weighted by molar-refractivity contribution is 7.99. The molecule has 0 saturated carbocycles. The molecule has 0 aliphatic carbocycles. The average Bonchev–Trinajstić information content (AvgIpc) is 3.11.